The third kappa shape index (κ3) is 3.27. The number of rotatable bonds is 4. The molecule has 6 heteroatoms. The maximum absolute atomic E-state index is 12.2. The predicted molar refractivity (Wildman–Crippen MR) is 94.1 cm³/mol. The van der Waals surface area contributed by atoms with Crippen LogP contribution in [0.25, 0.3) is 10.2 Å². The van der Waals surface area contributed by atoms with E-state index < -0.39 is 0 Å². The van der Waals surface area contributed by atoms with Crippen molar-refractivity contribution in [3.05, 3.63) is 47.5 Å². The Morgan fingerprint density at radius 3 is 2.78 bits per heavy atom. The smallest absolute Gasteiger partial charge is 0.262 e. The van der Waals surface area contributed by atoms with Gasteiger partial charge in [0.25, 0.3) is 5.91 Å². The molecule has 0 aliphatic carbocycles. The van der Waals surface area contributed by atoms with Gasteiger partial charge in [-0.3, -0.25) is 4.79 Å². The van der Waals surface area contributed by atoms with E-state index in [9.17, 15) is 4.79 Å². The van der Waals surface area contributed by atoms with E-state index in [1.54, 1.807) is 0 Å². The molecule has 3 aromatic rings. The molecule has 0 aliphatic heterocycles. The van der Waals surface area contributed by atoms with Crippen LogP contribution >= 0.6 is 11.3 Å². The number of anilines is 2. The minimum absolute atomic E-state index is 0.0360. The standard InChI is InChI=1S/C17H17N3O2S/c1-10-8-13-16(23-17(18)19-13)11(2)15(10)20-14(21)9-22-12-6-4-3-5-7-12/h3-8H,9H2,1-2H3,(H2,18,19)(H,20,21). The summed E-state index contributed by atoms with van der Waals surface area (Å²) in [6.45, 7) is 3.86. The second-order valence-electron chi connectivity index (χ2n) is 5.24. The first-order valence-corrected chi connectivity index (χ1v) is 8.00. The van der Waals surface area contributed by atoms with E-state index in [1.165, 1.54) is 11.3 Å². The van der Waals surface area contributed by atoms with Gasteiger partial charge in [0.15, 0.2) is 11.7 Å². The second-order valence-corrected chi connectivity index (χ2v) is 6.27. The van der Waals surface area contributed by atoms with E-state index in [-0.39, 0.29) is 12.5 Å². The predicted octanol–water partition coefficient (Wildman–Crippen LogP) is 3.51. The number of aryl methyl sites for hydroxylation is 2. The van der Waals surface area contributed by atoms with Crippen molar-refractivity contribution >= 4 is 38.3 Å². The van der Waals surface area contributed by atoms with Crippen LogP contribution in [0.15, 0.2) is 36.4 Å². The van der Waals surface area contributed by atoms with Crippen molar-refractivity contribution in [2.45, 2.75) is 13.8 Å². The highest BCUT2D eigenvalue weighted by molar-refractivity contribution is 7.22. The van der Waals surface area contributed by atoms with Gasteiger partial charge in [0.1, 0.15) is 5.75 Å². The van der Waals surface area contributed by atoms with Crippen molar-refractivity contribution in [2.24, 2.45) is 0 Å². The Hall–Kier alpha value is -2.60. The van der Waals surface area contributed by atoms with E-state index in [1.807, 2.05) is 50.2 Å². The number of benzene rings is 2. The van der Waals surface area contributed by atoms with Gasteiger partial charge in [0, 0.05) is 5.69 Å². The number of carbonyl (C=O) groups excluding carboxylic acids is 1. The normalized spacial score (nSPS) is 10.7. The maximum atomic E-state index is 12.2. The minimum atomic E-state index is -0.197. The van der Waals surface area contributed by atoms with E-state index in [2.05, 4.69) is 10.3 Å². The lowest BCUT2D eigenvalue weighted by atomic mass is 10.1. The number of carbonyl (C=O) groups is 1. The second kappa shape index (κ2) is 6.26. The monoisotopic (exact) mass is 327 g/mol. The lowest BCUT2D eigenvalue weighted by Gasteiger charge is -2.13. The number of fused-ring (bicyclic) bond motifs is 1. The zero-order valence-electron chi connectivity index (χ0n) is 12.9. The molecule has 0 atom stereocenters. The third-order valence-electron chi connectivity index (χ3n) is 3.51. The number of nitrogens with two attached hydrogens (primary N) is 1. The molecule has 0 radical (unpaired) electrons. The number of aromatic nitrogens is 1. The molecule has 0 spiro atoms. The zero-order valence-corrected chi connectivity index (χ0v) is 13.7. The fourth-order valence-electron chi connectivity index (χ4n) is 2.44. The summed E-state index contributed by atoms with van der Waals surface area (Å²) in [5.74, 6) is 0.471. The van der Waals surface area contributed by atoms with Crippen molar-refractivity contribution in [2.75, 3.05) is 17.7 Å². The number of ether oxygens (including phenoxy) is 1. The van der Waals surface area contributed by atoms with Gasteiger partial charge < -0.3 is 15.8 Å². The quantitative estimate of drug-likeness (QED) is 0.769. The third-order valence-corrected chi connectivity index (χ3v) is 4.53. The lowest BCUT2D eigenvalue weighted by Crippen LogP contribution is -2.21. The van der Waals surface area contributed by atoms with Crippen molar-refractivity contribution in [3.8, 4) is 5.75 Å². The first kappa shape index (κ1) is 15.3. The molecule has 5 nitrogen and oxygen atoms in total. The van der Waals surface area contributed by atoms with Gasteiger partial charge in [0.2, 0.25) is 0 Å². The Morgan fingerprint density at radius 2 is 2.04 bits per heavy atom. The van der Waals surface area contributed by atoms with Crippen LogP contribution in [0.3, 0.4) is 0 Å². The molecule has 23 heavy (non-hydrogen) atoms. The fourth-order valence-corrected chi connectivity index (χ4v) is 3.25. The Balaban J connectivity index is 1.76. The Morgan fingerprint density at radius 1 is 1.30 bits per heavy atom. The van der Waals surface area contributed by atoms with E-state index in [4.69, 9.17) is 10.5 Å². The summed E-state index contributed by atoms with van der Waals surface area (Å²) >= 11 is 1.42. The first-order valence-electron chi connectivity index (χ1n) is 7.18. The molecule has 0 unspecified atom stereocenters. The minimum Gasteiger partial charge on any atom is -0.484 e. The summed E-state index contributed by atoms with van der Waals surface area (Å²) in [6, 6.07) is 11.2. The van der Waals surface area contributed by atoms with E-state index >= 15 is 0 Å². The molecule has 3 rings (SSSR count). The average Bonchev–Trinajstić information content (AvgIpc) is 2.91. The van der Waals surface area contributed by atoms with Gasteiger partial charge in [0.05, 0.1) is 10.2 Å². The van der Waals surface area contributed by atoms with Crippen LogP contribution in [0.4, 0.5) is 10.8 Å². The average molecular weight is 327 g/mol. The number of para-hydroxylation sites is 1. The number of hydrogen-bond donors (Lipinski definition) is 2. The Kier molecular flexibility index (Phi) is 4.16. The number of nitrogens with zero attached hydrogens (tertiary/aromatic N) is 1. The van der Waals surface area contributed by atoms with Crippen molar-refractivity contribution in [1.82, 2.24) is 4.98 Å². The van der Waals surface area contributed by atoms with Crippen LogP contribution in [-0.4, -0.2) is 17.5 Å². The summed E-state index contributed by atoms with van der Waals surface area (Å²) in [5, 5.41) is 3.45. The molecule has 0 bridgehead atoms. The number of hydrogen-bond acceptors (Lipinski definition) is 5. The molecule has 0 fully saturated rings. The van der Waals surface area contributed by atoms with Crippen molar-refractivity contribution in [1.29, 1.82) is 0 Å². The molecule has 3 N–H and O–H groups in total. The SMILES string of the molecule is Cc1cc2nc(N)sc2c(C)c1NC(=O)COc1ccccc1. The van der Waals surface area contributed by atoms with Gasteiger partial charge >= 0.3 is 0 Å². The molecular weight excluding hydrogens is 310 g/mol. The van der Waals surface area contributed by atoms with Crippen LogP contribution < -0.4 is 15.8 Å². The molecule has 0 aliphatic rings. The Labute approximate surface area is 138 Å². The van der Waals surface area contributed by atoms with Crippen LogP contribution in [-0.2, 0) is 4.79 Å². The van der Waals surface area contributed by atoms with Gasteiger partial charge in [-0.1, -0.05) is 29.5 Å². The van der Waals surface area contributed by atoms with Gasteiger partial charge in [-0.05, 0) is 43.2 Å². The maximum Gasteiger partial charge on any atom is 0.262 e. The van der Waals surface area contributed by atoms with Crippen LogP contribution in [0.2, 0.25) is 0 Å². The van der Waals surface area contributed by atoms with Crippen LogP contribution in [0, 0.1) is 13.8 Å². The molecule has 1 heterocycles. The highest BCUT2D eigenvalue weighted by Gasteiger charge is 2.14. The van der Waals surface area contributed by atoms with E-state index in [0.717, 1.165) is 27.0 Å². The van der Waals surface area contributed by atoms with Crippen LogP contribution in [0.1, 0.15) is 11.1 Å². The molecule has 2 aromatic carbocycles. The number of amides is 1. The molecule has 1 aromatic heterocycles. The highest BCUT2D eigenvalue weighted by Crippen LogP contribution is 2.34. The molecule has 0 saturated carbocycles. The summed E-state index contributed by atoms with van der Waals surface area (Å²) in [5.41, 5.74) is 9.36. The summed E-state index contributed by atoms with van der Waals surface area (Å²) in [6.07, 6.45) is 0. The number of nitrogen functional groups attached to an aromatic ring is 1. The molecule has 1 amide bonds. The molecule has 0 saturated heterocycles. The first-order chi connectivity index (χ1) is 11.0. The number of nitrogens with one attached hydrogen (secondary N) is 1. The van der Waals surface area contributed by atoms with E-state index in [0.29, 0.717) is 10.9 Å². The topological polar surface area (TPSA) is 77.2 Å². The van der Waals surface area contributed by atoms with Crippen molar-refractivity contribution < 1.29 is 9.53 Å². The van der Waals surface area contributed by atoms with Gasteiger partial charge in [-0.2, -0.15) is 0 Å². The highest BCUT2D eigenvalue weighted by atomic mass is 32.1. The summed E-state index contributed by atoms with van der Waals surface area (Å²) in [4.78, 5) is 16.4. The van der Waals surface area contributed by atoms with Crippen molar-refractivity contribution in [3.63, 3.8) is 0 Å². The largest absolute Gasteiger partial charge is 0.484 e. The summed E-state index contributed by atoms with van der Waals surface area (Å²) in [7, 11) is 0. The fraction of sp³-hybridized carbons (Fsp3) is 0.176. The zero-order chi connectivity index (χ0) is 16.4. The lowest BCUT2D eigenvalue weighted by molar-refractivity contribution is -0.118. The molecular formula is C17H17N3O2S. The van der Waals surface area contributed by atoms with Crippen LogP contribution in [0.5, 0.6) is 5.75 Å². The number of thiazole rings is 1. The molecule has 118 valence electrons. The van der Waals surface area contributed by atoms with Gasteiger partial charge in [-0.25, -0.2) is 4.98 Å². The summed E-state index contributed by atoms with van der Waals surface area (Å²) < 4.78 is 6.46. The van der Waals surface area contributed by atoms with Gasteiger partial charge in [-0.15, -0.1) is 0 Å². The Bertz CT molecular complexity index is 859.